The fourth-order valence-corrected chi connectivity index (χ4v) is 1.89. The van der Waals surface area contributed by atoms with Crippen molar-refractivity contribution < 1.29 is 14.3 Å². The molecule has 0 aromatic heterocycles. The number of hydrazone groups is 1. The number of esters is 1. The van der Waals surface area contributed by atoms with Crippen LogP contribution in [0.15, 0.2) is 29.4 Å². The summed E-state index contributed by atoms with van der Waals surface area (Å²) in [4.78, 5) is 23.6. The minimum Gasteiger partial charge on any atom is -0.465 e. The van der Waals surface area contributed by atoms with Crippen LogP contribution in [-0.2, 0) is 20.9 Å². The predicted molar refractivity (Wildman–Crippen MR) is 70.3 cm³/mol. The second-order valence-corrected chi connectivity index (χ2v) is 4.32. The molecule has 19 heavy (non-hydrogen) atoms. The van der Waals surface area contributed by atoms with Crippen LogP contribution in [0, 0.1) is 12.8 Å². The van der Waals surface area contributed by atoms with Gasteiger partial charge in [0, 0.05) is 6.21 Å². The van der Waals surface area contributed by atoms with E-state index in [4.69, 9.17) is 4.74 Å². The number of hydrogen-bond donors (Lipinski definition) is 0. The van der Waals surface area contributed by atoms with Crippen LogP contribution in [0.25, 0.3) is 0 Å². The molecule has 0 saturated heterocycles. The summed E-state index contributed by atoms with van der Waals surface area (Å²) >= 11 is 0. The largest absolute Gasteiger partial charge is 0.465 e. The third-order valence-corrected chi connectivity index (χ3v) is 3.00. The van der Waals surface area contributed by atoms with Crippen molar-refractivity contribution in [1.29, 1.82) is 0 Å². The maximum atomic E-state index is 12.0. The molecule has 100 valence electrons. The SMILES string of the molecule is CCOC(=O)C1C=NN(Cc2ccccc2C)C1=O. The van der Waals surface area contributed by atoms with Gasteiger partial charge >= 0.3 is 5.97 Å². The van der Waals surface area contributed by atoms with Crippen LogP contribution < -0.4 is 0 Å². The summed E-state index contributed by atoms with van der Waals surface area (Å²) in [5.41, 5.74) is 2.10. The molecular weight excluding hydrogens is 244 g/mol. The molecule has 0 N–H and O–H groups in total. The summed E-state index contributed by atoms with van der Waals surface area (Å²) in [5, 5.41) is 5.31. The van der Waals surface area contributed by atoms with E-state index in [-0.39, 0.29) is 12.5 Å². The first-order valence-corrected chi connectivity index (χ1v) is 6.20. The third-order valence-electron chi connectivity index (χ3n) is 3.00. The molecule has 1 atom stereocenters. The second kappa shape index (κ2) is 5.65. The molecule has 1 aromatic rings. The molecule has 5 heteroatoms. The lowest BCUT2D eigenvalue weighted by Crippen LogP contribution is -2.32. The van der Waals surface area contributed by atoms with Crippen LogP contribution >= 0.6 is 0 Å². The average molecular weight is 260 g/mol. The van der Waals surface area contributed by atoms with E-state index in [2.05, 4.69) is 5.10 Å². The van der Waals surface area contributed by atoms with Gasteiger partial charge in [0.2, 0.25) is 0 Å². The zero-order chi connectivity index (χ0) is 13.8. The average Bonchev–Trinajstić information content (AvgIpc) is 2.74. The molecule has 1 aliphatic rings. The van der Waals surface area contributed by atoms with Crippen molar-refractivity contribution >= 4 is 18.1 Å². The molecule has 1 aliphatic heterocycles. The van der Waals surface area contributed by atoms with Gasteiger partial charge in [-0.1, -0.05) is 24.3 Å². The number of hydrogen-bond acceptors (Lipinski definition) is 4. The minimum atomic E-state index is -0.899. The molecule has 2 rings (SSSR count). The van der Waals surface area contributed by atoms with E-state index in [1.165, 1.54) is 11.2 Å². The molecule has 1 amide bonds. The van der Waals surface area contributed by atoms with Gasteiger partial charge in [-0.05, 0) is 25.0 Å². The van der Waals surface area contributed by atoms with Gasteiger partial charge in [-0.3, -0.25) is 9.59 Å². The number of amides is 1. The van der Waals surface area contributed by atoms with Crippen LogP contribution in [-0.4, -0.2) is 29.7 Å². The van der Waals surface area contributed by atoms with Gasteiger partial charge in [0.1, 0.15) is 0 Å². The summed E-state index contributed by atoms with van der Waals surface area (Å²) in [7, 11) is 0. The number of aryl methyl sites for hydroxylation is 1. The zero-order valence-corrected chi connectivity index (χ0v) is 11.0. The highest BCUT2D eigenvalue weighted by Gasteiger charge is 2.35. The predicted octanol–water partition coefficient (Wildman–Crippen LogP) is 1.50. The normalized spacial score (nSPS) is 17.9. The lowest BCUT2D eigenvalue weighted by atomic mass is 10.1. The molecular formula is C14H16N2O3. The number of carbonyl (C=O) groups excluding carboxylic acids is 2. The standard InChI is InChI=1S/C14H16N2O3/c1-3-19-14(18)12-8-15-16(13(12)17)9-11-7-5-4-6-10(11)2/h4-8,12H,3,9H2,1-2H3. The lowest BCUT2D eigenvalue weighted by molar-refractivity contribution is -0.151. The summed E-state index contributed by atoms with van der Waals surface area (Å²) < 4.78 is 4.84. The van der Waals surface area contributed by atoms with Gasteiger partial charge in [-0.15, -0.1) is 0 Å². The van der Waals surface area contributed by atoms with Crippen molar-refractivity contribution in [2.75, 3.05) is 6.61 Å². The van der Waals surface area contributed by atoms with Crippen LogP contribution in [0.5, 0.6) is 0 Å². The number of nitrogens with zero attached hydrogens (tertiary/aromatic N) is 2. The molecule has 0 bridgehead atoms. The third kappa shape index (κ3) is 2.81. The topological polar surface area (TPSA) is 59.0 Å². The number of benzene rings is 1. The molecule has 0 saturated carbocycles. The first-order valence-electron chi connectivity index (χ1n) is 6.20. The van der Waals surface area contributed by atoms with E-state index in [9.17, 15) is 9.59 Å². The van der Waals surface area contributed by atoms with E-state index in [0.29, 0.717) is 6.54 Å². The number of carbonyl (C=O) groups is 2. The fourth-order valence-electron chi connectivity index (χ4n) is 1.89. The van der Waals surface area contributed by atoms with E-state index in [0.717, 1.165) is 11.1 Å². The summed E-state index contributed by atoms with van der Waals surface area (Å²) in [5.74, 6) is -1.77. The van der Waals surface area contributed by atoms with Crippen molar-refractivity contribution in [2.24, 2.45) is 11.0 Å². The Hall–Kier alpha value is -2.17. The van der Waals surface area contributed by atoms with Crippen LogP contribution in [0.1, 0.15) is 18.1 Å². The molecule has 1 aromatic carbocycles. The quantitative estimate of drug-likeness (QED) is 0.609. The molecule has 5 nitrogen and oxygen atoms in total. The molecule has 1 unspecified atom stereocenters. The van der Waals surface area contributed by atoms with Gasteiger partial charge in [-0.2, -0.15) is 5.10 Å². The highest BCUT2D eigenvalue weighted by Crippen LogP contribution is 2.17. The van der Waals surface area contributed by atoms with E-state index < -0.39 is 11.9 Å². The Morgan fingerprint density at radius 1 is 1.42 bits per heavy atom. The second-order valence-electron chi connectivity index (χ2n) is 4.32. The maximum Gasteiger partial charge on any atom is 0.324 e. The minimum absolute atomic E-state index is 0.258. The summed E-state index contributed by atoms with van der Waals surface area (Å²) in [6, 6.07) is 7.77. The van der Waals surface area contributed by atoms with Crippen molar-refractivity contribution in [3.05, 3.63) is 35.4 Å². The van der Waals surface area contributed by atoms with Crippen molar-refractivity contribution in [3.8, 4) is 0 Å². The summed E-state index contributed by atoms with van der Waals surface area (Å²) in [6.45, 7) is 4.31. The molecule has 0 aliphatic carbocycles. The maximum absolute atomic E-state index is 12.0. The van der Waals surface area contributed by atoms with Crippen molar-refractivity contribution in [2.45, 2.75) is 20.4 Å². The lowest BCUT2D eigenvalue weighted by Gasteiger charge is -2.15. The van der Waals surface area contributed by atoms with E-state index in [1.54, 1.807) is 6.92 Å². The highest BCUT2D eigenvalue weighted by molar-refractivity contribution is 6.13. The first-order chi connectivity index (χ1) is 9.13. The van der Waals surface area contributed by atoms with Gasteiger partial charge in [0.25, 0.3) is 5.91 Å². The highest BCUT2D eigenvalue weighted by atomic mass is 16.5. The van der Waals surface area contributed by atoms with Crippen LogP contribution in [0.2, 0.25) is 0 Å². The molecule has 1 heterocycles. The van der Waals surface area contributed by atoms with Gasteiger partial charge in [-0.25, -0.2) is 5.01 Å². The molecule has 0 spiro atoms. The van der Waals surface area contributed by atoms with Crippen LogP contribution in [0.4, 0.5) is 0 Å². The number of ether oxygens (including phenoxy) is 1. The fraction of sp³-hybridized carbons (Fsp3) is 0.357. The Labute approximate surface area is 111 Å². The van der Waals surface area contributed by atoms with E-state index >= 15 is 0 Å². The monoisotopic (exact) mass is 260 g/mol. The molecule has 0 radical (unpaired) electrons. The Morgan fingerprint density at radius 2 is 2.16 bits per heavy atom. The zero-order valence-electron chi connectivity index (χ0n) is 11.0. The Balaban J connectivity index is 2.05. The van der Waals surface area contributed by atoms with E-state index in [1.807, 2.05) is 31.2 Å². The first kappa shape index (κ1) is 13.3. The number of rotatable bonds is 4. The smallest absolute Gasteiger partial charge is 0.324 e. The Morgan fingerprint density at radius 3 is 2.84 bits per heavy atom. The van der Waals surface area contributed by atoms with Crippen molar-refractivity contribution in [1.82, 2.24) is 5.01 Å². The Bertz CT molecular complexity index is 525. The van der Waals surface area contributed by atoms with Gasteiger partial charge < -0.3 is 4.74 Å². The van der Waals surface area contributed by atoms with Gasteiger partial charge in [0.05, 0.1) is 13.2 Å². The Kier molecular flexibility index (Phi) is 3.94. The van der Waals surface area contributed by atoms with Crippen LogP contribution in [0.3, 0.4) is 0 Å². The van der Waals surface area contributed by atoms with Crippen molar-refractivity contribution in [3.63, 3.8) is 0 Å². The molecule has 0 fully saturated rings. The summed E-state index contributed by atoms with van der Waals surface area (Å²) in [6.07, 6.45) is 1.35. The van der Waals surface area contributed by atoms with Gasteiger partial charge in [0.15, 0.2) is 5.92 Å².